The van der Waals surface area contributed by atoms with E-state index in [1.54, 1.807) is 17.3 Å². The van der Waals surface area contributed by atoms with Crippen molar-refractivity contribution in [2.24, 2.45) is 0 Å². The van der Waals surface area contributed by atoms with Crippen LogP contribution >= 0.6 is 23.2 Å². The highest BCUT2D eigenvalue weighted by molar-refractivity contribution is 6.36. The Morgan fingerprint density at radius 2 is 1.60 bits per heavy atom. The zero-order valence-electron chi connectivity index (χ0n) is 32.6. The molecule has 15 heteroatoms. The van der Waals surface area contributed by atoms with Gasteiger partial charge in [0, 0.05) is 103 Å². The van der Waals surface area contributed by atoms with Crippen LogP contribution in [0.25, 0.3) is 44.5 Å². The van der Waals surface area contributed by atoms with Crippen LogP contribution in [0.5, 0.6) is 0 Å². The summed E-state index contributed by atoms with van der Waals surface area (Å²) in [5.74, 6) is 0. The molecule has 2 spiro atoms. The molecular formula is C42H46Cl2N10O3. The Labute approximate surface area is 340 Å². The number of ether oxygens (including phenoxy) is 1. The number of aromatic nitrogens is 7. The zero-order valence-corrected chi connectivity index (χ0v) is 34.1. The number of rotatable bonds is 3. The summed E-state index contributed by atoms with van der Waals surface area (Å²) >= 11 is 13.1. The number of aromatic amines is 1. The molecule has 0 saturated carbocycles. The number of urea groups is 1. The molecule has 4 aliphatic rings. The summed E-state index contributed by atoms with van der Waals surface area (Å²) in [6.45, 7) is 12.8. The largest absolute Gasteiger partial charge is 0.444 e. The first-order valence-corrected chi connectivity index (χ1v) is 20.4. The highest BCUT2D eigenvalue weighted by Crippen LogP contribution is 2.49. The Hall–Kier alpha value is -5.14. The highest BCUT2D eigenvalue weighted by Gasteiger charge is 2.50. The Morgan fingerprint density at radius 1 is 0.877 bits per heavy atom. The third-order valence-electron chi connectivity index (χ3n) is 11.9. The zero-order chi connectivity index (χ0) is 39.7. The summed E-state index contributed by atoms with van der Waals surface area (Å²) in [4.78, 5) is 40.6. The lowest BCUT2D eigenvalue weighted by molar-refractivity contribution is 0.0284. The van der Waals surface area contributed by atoms with Crippen molar-refractivity contribution in [1.29, 1.82) is 0 Å². The van der Waals surface area contributed by atoms with Gasteiger partial charge in [0.25, 0.3) is 0 Å². The van der Waals surface area contributed by atoms with Crippen LogP contribution in [0.4, 0.5) is 9.59 Å². The summed E-state index contributed by atoms with van der Waals surface area (Å²) in [5, 5.41) is 15.8. The Balaban J connectivity index is 0.000000149. The molecule has 3 amide bonds. The minimum absolute atomic E-state index is 0.0423. The first-order valence-electron chi connectivity index (χ1n) is 19.7. The minimum atomic E-state index is -0.514. The quantitative estimate of drug-likeness (QED) is 0.184. The lowest BCUT2D eigenvalue weighted by Crippen LogP contribution is -2.40. The van der Waals surface area contributed by atoms with Crippen molar-refractivity contribution < 1.29 is 14.3 Å². The average Bonchev–Trinajstić information content (AvgIpc) is 4.06. The monoisotopic (exact) mass is 808 g/mol. The standard InChI is InChI=1S/C21H23Cl2N5O2.C21H23N5O/c1-20(2,3)30-19(29)27-6-4-21(11-27)5-7-28-17(21)15(23)16(26-28)12-8-13-14(22)10-25-18(13)24-9-12;1-2-22-20(27)25-9-7-21(14-25)8-10-26-19(21)12-18(24-26)16-11-15-5-3-4-6-17(15)23-13-16/h8-10H,4-7,11H2,1-3H3,(H,24,25);3-6,11-13H,2,7-10,14H2,1H3,(H,22,27). The second-order valence-electron chi connectivity index (χ2n) is 16.8. The Morgan fingerprint density at radius 3 is 2.42 bits per heavy atom. The van der Waals surface area contributed by atoms with Gasteiger partial charge in [-0.25, -0.2) is 14.6 Å². The van der Waals surface area contributed by atoms with E-state index in [1.807, 2.05) is 67.7 Å². The van der Waals surface area contributed by atoms with E-state index in [-0.39, 0.29) is 23.0 Å². The number of fused-ring (bicyclic) bond motifs is 6. The number of nitrogens with one attached hydrogen (secondary N) is 2. The number of amides is 3. The summed E-state index contributed by atoms with van der Waals surface area (Å²) in [5.41, 5.74) is 6.88. The van der Waals surface area contributed by atoms with Crippen LogP contribution in [0.3, 0.4) is 0 Å². The van der Waals surface area contributed by atoms with E-state index in [2.05, 4.69) is 43.1 Å². The van der Waals surface area contributed by atoms with Crippen LogP contribution < -0.4 is 5.32 Å². The maximum Gasteiger partial charge on any atom is 0.410 e. The van der Waals surface area contributed by atoms with Crippen LogP contribution in [0, 0.1) is 0 Å². The van der Waals surface area contributed by atoms with Gasteiger partial charge in [0.2, 0.25) is 0 Å². The fourth-order valence-corrected chi connectivity index (χ4v) is 9.76. The molecule has 10 rings (SSSR count). The van der Waals surface area contributed by atoms with Crippen LogP contribution in [-0.4, -0.2) is 94.8 Å². The number of para-hydroxylation sites is 1. The third kappa shape index (κ3) is 6.68. The number of carbonyl (C=O) groups excluding carboxylic acids is 2. The van der Waals surface area contributed by atoms with Crippen molar-refractivity contribution in [3.05, 3.63) is 82.5 Å². The van der Waals surface area contributed by atoms with Crippen LogP contribution in [0.2, 0.25) is 10.0 Å². The predicted molar refractivity (Wildman–Crippen MR) is 221 cm³/mol. The van der Waals surface area contributed by atoms with Crippen molar-refractivity contribution >= 4 is 57.3 Å². The molecule has 296 valence electrons. The van der Waals surface area contributed by atoms with Crippen molar-refractivity contribution in [3.63, 3.8) is 0 Å². The number of H-pyrrole nitrogens is 1. The van der Waals surface area contributed by atoms with E-state index >= 15 is 0 Å². The van der Waals surface area contributed by atoms with Crippen molar-refractivity contribution in [2.75, 3.05) is 32.7 Å². The third-order valence-corrected chi connectivity index (χ3v) is 12.6. The summed E-state index contributed by atoms with van der Waals surface area (Å²) in [7, 11) is 0. The number of carbonyl (C=O) groups is 2. The Bertz CT molecular complexity index is 2540. The van der Waals surface area contributed by atoms with E-state index < -0.39 is 5.60 Å². The number of nitrogens with zero attached hydrogens (tertiary/aromatic N) is 8. The molecule has 13 nitrogen and oxygen atoms in total. The van der Waals surface area contributed by atoms with Crippen molar-refractivity contribution in [3.8, 4) is 22.5 Å². The molecule has 1 aromatic carbocycles. The molecule has 2 atom stereocenters. The molecular weight excluding hydrogens is 763 g/mol. The molecule has 6 aromatic rings. The van der Waals surface area contributed by atoms with Crippen LogP contribution in [-0.2, 0) is 28.7 Å². The predicted octanol–water partition coefficient (Wildman–Crippen LogP) is 8.19. The lowest BCUT2D eigenvalue weighted by Gasteiger charge is -2.26. The van der Waals surface area contributed by atoms with Crippen LogP contribution in [0.15, 0.2) is 61.1 Å². The molecule has 0 aliphatic carbocycles. The number of hydrogen-bond acceptors (Lipinski definition) is 7. The van der Waals surface area contributed by atoms with Gasteiger partial charge in [-0.3, -0.25) is 14.3 Å². The van der Waals surface area contributed by atoms with E-state index in [4.69, 9.17) is 38.1 Å². The molecule has 4 aliphatic heterocycles. The van der Waals surface area contributed by atoms with Gasteiger partial charge >= 0.3 is 12.1 Å². The van der Waals surface area contributed by atoms with E-state index in [1.165, 1.54) is 5.69 Å². The maximum atomic E-state index is 12.6. The highest BCUT2D eigenvalue weighted by atomic mass is 35.5. The number of aryl methyl sites for hydroxylation is 2. The second kappa shape index (κ2) is 14.1. The van der Waals surface area contributed by atoms with Crippen molar-refractivity contribution in [1.82, 2.24) is 49.6 Å². The fraction of sp³-hybridized carbons (Fsp3) is 0.429. The first-order chi connectivity index (χ1) is 27.3. The van der Waals surface area contributed by atoms with Gasteiger partial charge in [-0.05, 0) is 77.6 Å². The molecule has 0 bridgehead atoms. The van der Waals surface area contributed by atoms with Crippen LogP contribution in [0.1, 0.15) is 64.8 Å². The number of pyridine rings is 2. The van der Waals surface area contributed by atoms with Crippen molar-refractivity contribution in [2.45, 2.75) is 82.9 Å². The molecule has 9 heterocycles. The smallest absolute Gasteiger partial charge is 0.410 e. The molecule has 57 heavy (non-hydrogen) atoms. The van der Waals surface area contributed by atoms with E-state index in [9.17, 15) is 9.59 Å². The van der Waals surface area contributed by atoms with E-state index in [0.29, 0.717) is 35.4 Å². The fourth-order valence-electron chi connectivity index (χ4n) is 9.12. The summed E-state index contributed by atoms with van der Waals surface area (Å²) in [6, 6.07) is 14.5. The van der Waals surface area contributed by atoms with Gasteiger partial charge in [0.1, 0.15) is 16.9 Å². The molecule has 2 fully saturated rings. The number of likely N-dealkylation sites (tertiary alicyclic amines) is 2. The lowest BCUT2D eigenvalue weighted by atomic mass is 9.82. The van der Waals surface area contributed by atoms with Gasteiger partial charge < -0.3 is 24.8 Å². The number of halogens is 2. The summed E-state index contributed by atoms with van der Waals surface area (Å²) in [6.07, 6.45) is 8.93. The SMILES string of the molecule is CC(C)(C)OC(=O)N1CCC2(CCn3nc(-c4cnc5[nH]cc(Cl)c5c4)c(Cl)c32)C1.CCNC(=O)N1CCC2(CCn3nc(-c4cnc5ccccc5c4)cc32)C1. The topological polar surface area (TPSA) is 139 Å². The van der Waals surface area contributed by atoms with E-state index in [0.717, 1.165) is 96.3 Å². The summed E-state index contributed by atoms with van der Waals surface area (Å²) < 4.78 is 9.69. The number of benzene rings is 1. The Kier molecular flexibility index (Phi) is 9.23. The van der Waals surface area contributed by atoms with Gasteiger partial charge in [-0.2, -0.15) is 10.2 Å². The molecule has 5 aromatic heterocycles. The average molecular weight is 810 g/mol. The van der Waals surface area contributed by atoms with Gasteiger partial charge in [-0.1, -0.05) is 41.4 Å². The molecule has 0 radical (unpaired) electrons. The van der Waals surface area contributed by atoms with Gasteiger partial charge in [0.15, 0.2) is 0 Å². The molecule has 2 saturated heterocycles. The first kappa shape index (κ1) is 37.4. The number of hydrogen-bond donors (Lipinski definition) is 2. The maximum absolute atomic E-state index is 12.6. The van der Waals surface area contributed by atoms with Gasteiger partial charge in [0.05, 0.1) is 26.9 Å². The second-order valence-corrected chi connectivity index (χ2v) is 17.6. The normalized spacial score (nSPS) is 21.1. The van der Waals surface area contributed by atoms with Gasteiger partial charge in [-0.15, -0.1) is 0 Å². The molecule has 2 unspecified atom stereocenters. The molecule has 2 N–H and O–H groups in total. The minimum Gasteiger partial charge on any atom is -0.444 e.